The first-order valence-electron chi connectivity index (χ1n) is 5.43. The predicted molar refractivity (Wildman–Crippen MR) is 65.4 cm³/mol. The molecule has 0 unspecified atom stereocenters. The van der Waals surface area contributed by atoms with Gasteiger partial charge in [-0.15, -0.1) is 0 Å². The summed E-state index contributed by atoms with van der Waals surface area (Å²) in [6, 6.07) is 7.74. The van der Waals surface area contributed by atoms with Crippen LogP contribution in [-0.2, 0) is 6.54 Å². The van der Waals surface area contributed by atoms with Crippen LogP contribution in [0.1, 0.15) is 17.4 Å². The lowest BCUT2D eigenvalue weighted by atomic mass is 10.1. The number of carbonyl (C=O) groups excluding carboxylic acids is 1. The Morgan fingerprint density at radius 1 is 1.39 bits per heavy atom. The third kappa shape index (κ3) is 2.13. The van der Waals surface area contributed by atoms with Gasteiger partial charge in [0.15, 0.2) is 6.29 Å². The van der Waals surface area contributed by atoms with Gasteiger partial charge in [0.1, 0.15) is 5.69 Å². The minimum Gasteiger partial charge on any atom is -0.296 e. The summed E-state index contributed by atoms with van der Waals surface area (Å²) in [5, 5.41) is 14.8. The van der Waals surface area contributed by atoms with Gasteiger partial charge >= 0.3 is 0 Å². The summed E-state index contributed by atoms with van der Waals surface area (Å²) >= 11 is 0. The molecule has 1 heterocycles. The highest BCUT2D eigenvalue weighted by molar-refractivity contribution is 5.76. The van der Waals surface area contributed by atoms with Crippen molar-refractivity contribution in [2.75, 3.05) is 0 Å². The Morgan fingerprint density at radius 2 is 2.06 bits per heavy atom. The molecule has 6 heteroatoms. The Kier molecular flexibility index (Phi) is 3.18. The van der Waals surface area contributed by atoms with Crippen LogP contribution in [-0.4, -0.2) is 21.0 Å². The van der Waals surface area contributed by atoms with E-state index < -0.39 is 4.92 Å². The Morgan fingerprint density at radius 3 is 2.50 bits per heavy atom. The van der Waals surface area contributed by atoms with Crippen molar-refractivity contribution in [1.82, 2.24) is 9.78 Å². The lowest BCUT2D eigenvalue weighted by Crippen LogP contribution is -2.00. The zero-order valence-electron chi connectivity index (χ0n) is 9.74. The number of nitro benzene ring substituents is 1. The van der Waals surface area contributed by atoms with Gasteiger partial charge in [-0.3, -0.25) is 19.6 Å². The van der Waals surface area contributed by atoms with Crippen molar-refractivity contribution in [1.29, 1.82) is 0 Å². The lowest BCUT2D eigenvalue weighted by Gasteiger charge is -1.97. The van der Waals surface area contributed by atoms with Gasteiger partial charge in [0, 0.05) is 24.2 Å². The zero-order chi connectivity index (χ0) is 13.1. The summed E-state index contributed by atoms with van der Waals surface area (Å²) in [4.78, 5) is 20.9. The van der Waals surface area contributed by atoms with Gasteiger partial charge in [-0.1, -0.05) is 0 Å². The summed E-state index contributed by atoms with van der Waals surface area (Å²) in [6.45, 7) is 2.49. The molecule has 0 aliphatic heterocycles. The lowest BCUT2D eigenvalue weighted by molar-refractivity contribution is -0.384. The average molecular weight is 245 g/mol. The zero-order valence-corrected chi connectivity index (χ0v) is 9.74. The molecule has 0 saturated carbocycles. The number of nitrogens with zero attached hydrogens (tertiary/aromatic N) is 3. The summed E-state index contributed by atoms with van der Waals surface area (Å²) in [7, 11) is 0. The first kappa shape index (κ1) is 12.0. The van der Waals surface area contributed by atoms with E-state index in [0.717, 1.165) is 11.8 Å². The number of benzene rings is 1. The number of carbonyl (C=O) groups is 1. The fourth-order valence-corrected chi connectivity index (χ4v) is 1.67. The highest BCUT2D eigenvalue weighted by atomic mass is 16.6. The van der Waals surface area contributed by atoms with Gasteiger partial charge in [0.25, 0.3) is 5.69 Å². The van der Waals surface area contributed by atoms with Crippen LogP contribution in [0.5, 0.6) is 0 Å². The second-order valence-electron chi connectivity index (χ2n) is 3.69. The second kappa shape index (κ2) is 4.79. The molecule has 0 aliphatic carbocycles. The number of hydrogen-bond acceptors (Lipinski definition) is 4. The average Bonchev–Trinajstić information content (AvgIpc) is 2.82. The molecule has 18 heavy (non-hydrogen) atoms. The number of nitro groups is 1. The quantitative estimate of drug-likeness (QED) is 0.470. The maximum Gasteiger partial charge on any atom is 0.269 e. The van der Waals surface area contributed by atoms with E-state index in [4.69, 9.17) is 0 Å². The second-order valence-corrected chi connectivity index (χ2v) is 3.69. The maximum absolute atomic E-state index is 10.8. The van der Waals surface area contributed by atoms with E-state index in [1.165, 1.54) is 12.1 Å². The molecule has 0 radical (unpaired) electrons. The molecular weight excluding hydrogens is 234 g/mol. The molecule has 2 rings (SSSR count). The molecule has 0 saturated heterocycles. The molecule has 0 aliphatic rings. The Bertz CT molecular complexity index is 587. The monoisotopic (exact) mass is 245 g/mol. The summed E-state index contributed by atoms with van der Waals surface area (Å²) in [6.07, 6.45) is 0.741. The van der Waals surface area contributed by atoms with E-state index in [0.29, 0.717) is 17.9 Å². The molecule has 6 nitrogen and oxygen atoms in total. The van der Waals surface area contributed by atoms with Crippen LogP contribution in [0.15, 0.2) is 30.3 Å². The Labute approximate surface area is 103 Å². The number of rotatable bonds is 4. The van der Waals surface area contributed by atoms with E-state index in [2.05, 4.69) is 5.10 Å². The van der Waals surface area contributed by atoms with Crippen molar-refractivity contribution in [3.05, 3.63) is 46.1 Å². The summed E-state index contributed by atoms with van der Waals surface area (Å²) in [5.41, 5.74) is 1.90. The number of aryl methyl sites for hydroxylation is 1. The van der Waals surface area contributed by atoms with Gasteiger partial charge in [-0.2, -0.15) is 5.10 Å². The topological polar surface area (TPSA) is 78.0 Å². The molecule has 1 aromatic heterocycles. The molecule has 0 fully saturated rings. The summed E-state index contributed by atoms with van der Waals surface area (Å²) in [5.74, 6) is 0. The van der Waals surface area contributed by atoms with Crippen LogP contribution in [0, 0.1) is 10.1 Å². The third-order valence-corrected chi connectivity index (χ3v) is 2.61. The molecule has 0 bridgehead atoms. The SMILES string of the molecule is CCn1nc(-c2ccc([N+](=O)[O-])cc2)cc1C=O. The predicted octanol–water partition coefficient (Wildman–Crippen LogP) is 2.29. The smallest absolute Gasteiger partial charge is 0.269 e. The van der Waals surface area contributed by atoms with Crippen molar-refractivity contribution in [2.24, 2.45) is 0 Å². The van der Waals surface area contributed by atoms with Crippen molar-refractivity contribution in [3.63, 3.8) is 0 Å². The van der Waals surface area contributed by atoms with Crippen LogP contribution in [0.25, 0.3) is 11.3 Å². The van der Waals surface area contributed by atoms with Crippen molar-refractivity contribution >= 4 is 12.0 Å². The number of aldehydes is 1. The highest BCUT2D eigenvalue weighted by Crippen LogP contribution is 2.21. The van der Waals surface area contributed by atoms with Gasteiger partial charge in [0.2, 0.25) is 0 Å². The first-order valence-corrected chi connectivity index (χ1v) is 5.43. The van der Waals surface area contributed by atoms with Gasteiger partial charge in [0.05, 0.1) is 10.6 Å². The van der Waals surface area contributed by atoms with Crippen molar-refractivity contribution in [3.8, 4) is 11.3 Å². The van der Waals surface area contributed by atoms with Crippen LogP contribution >= 0.6 is 0 Å². The van der Waals surface area contributed by atoms with Crippen molar-refractivity contribution < 1.29 is 9.72 Å². The molecular formula is C12H11N3O3. The molecule has 0 N–H and O–H groups in total. The van der Waals surface area contributed by atoms with E-state index in [1.807, 2.05) is 6.92 Å². The van der Waals surface area contributed by atoms with E-state index >= 15 is 0 Å². The van der Waals surface area contributed by atoms with Gasteiger partial charge < -0.3 is 0 Å². The Hall–Kier alpha value is -2.50. The minimum absolute atomic E-state index is 0.0317. The molecule has 1 aromatic carbocycles. The molecule has 92 valence electrons. The fraction of sp³-hybridized carbons (Fsp3) is 0.167. The van der Waals surface area contributed by atoms with Crippen LogP contribution in [0.3, 0.4) is 0 Å². The van der Waals surface area contributed by atoms with Crippen molar-refractivity contribution in [2.45, 2.75) is 13.5 Å². The molecule has 2 aromatic rings. The first-order chi connectivity index (χ1) is 8.65. The summed E-state index contributed by atoms with van der Waals surface area (Å²) < 4.78 is 1.59. The Balaban J connectivity index is 2.39. The number of non-ortho nitro benzene ring substituents is 1. The third-order valence-electron chi connectivity index (χ3n) is 2.61. The van der Waals surface area contributed by atoms with E-state index in [-0.39, 0.29) is 5.69 Å². The molecule has 0 atom stereocenters. The fourth-order valence-electron chi connectivity index (χ4n) is 1.67. The highest BCUT2D eigenvalue weighted by Gasteiger charge is 2.10. The minimum atomic E-state index is -0.453. The molecule has 0 amide bonds. The maximum atomic E-state index is 10.8. The van der Waals surface area contributed by atoms with Crippen LogP contribution < -0.4 is 0 Å². The van der Waals surface area contributed by atoms with Gasteiger partial charge in [-0.25, -0.2) is 0 Å². The van der Waals surface area contributed by atoms with E-state index in [1.54, 1.807) is 22.9 Å². The van der Waals surface area contributed by atoms with E-state index in [9.17, 15) is 14.9 Å². The van der Waals surface area contributed by atoms with Gasteiger partial charge in [-0.05, 0) is 25.1 Å². The number of hydrogen-bond donors (Lipinski definition) is 0. The number of aromatic nitrogens is 2. The normalized spacial score (nSPS) is 10.3. The largest absolute Gasteiger partial charge is 0.296 e. The molecule has 0 spiro atoms. The standard InChI is InChI=1S/C12H11N3O3/c1-2-14-11(8-16)7-12(13-14)9-3-5-10(6-4-9)15(17)18/h3-8H,2H2,1H3. The van der Waals surface area contributed by atoms with Crippen LogP contribution in [0.4, 0.5) is 5.69 Å². The van der Waals surface area contributed by atoms with Crippen LogP contribution in [0.2, 0.25) is 0 Å².